The van der Waals surface area contributed by atoms with Gasteiger partial charge in [-0.1, -0.05) is 159 Å². The van der Waals surface area contributed by atoms with Crippen LogP contribution in [0.4, 0.5) is 17.1 Å². The van der Waals surface area contributed by atoms with Crippen molar-refractivity contribution >= 4 is 103 Å². The average molecular weight is 850 g/mol. The number of fused-ring (bicyclic) bond motifs is 13. The molecule has 0 radical (unpaired) electrons. The molecule has 0 unspecified atom stereocenters. The Kier molecular flexibility index (Phi) is 7.62. The molecule has 306 valence electrons. The van der Waals surface area contributed by atoms with Crippen molar-refractivity contribution in [2.45, 2.75) is 19.3 Å². The summed E-state index contributed by atoms with van der Waals surface area (Å²) in [5.41, 5.74) is 16.3. The van der Waals surface area contributed by atoms with Crippen molar-refractivity contribution in [1.82, 2.24) is 0 Å². The van der Waals surface area contributed by atoms with Crippen molar-refractivity contribution in [3.05, 3.63) is 211 Å². The zero-order chi connectivity index (χ0) is 43.0. The van der Waals surface area contributed by atoms with E-state index in [1.165, 1.54) is 53.6 Å². The van der Waals surface area contributed by atoms with E-state index in [1.807, 2.05) is 17.4 Å². The van der Waals surface area contributed by atoms with Crippen LogP contribution in [0.15, 0.2) is 209 Å². The van der Waals surface area contributed by atoms with Gasteiger partial charge >= 0.3 is 0 Å². The molecule has 0 saturated heterocycles. The smallest absolute Gasteiger partial charge is 0.144 e. The van der Waals surface area contributed by atoms with Crippen LogP contribution in [0, 0.1) is 0 Å². The third kappa shape index (κ3) is 5.23. The number of hydrogen-bond donors (Lipinski definition) is 0. The monoisotopic (exact) mass is 849 g/mol. The minimum Gasteiger partial charge on any atom is -0.455 e. The second-order valence-electron chi connectivity index (χ2n) is 17.9. The first kappa shape index (κ1) is 36.6. The molecule has 1 aliphatic carbocycles. The molecule has 1 aliphatic rings. The predicted molar refractivity (Wildman–Crippen MR) is 275 cm³/mol. The molecule has 14 rings (SSSR count). The Morgan fingerprint density at radius 2 is 1.08 bits per heavy atom. The first-order chi connectivity index (χ1) is 32.0. The Balaban J connectivity index is 1.02. The lowest BCUT2D eigenvalue weighted by atomic mass is 9.82. The fraction of sp³-hybridized carbons (Fsp3) is 0.0492. The van der Waals surface area contributed by atoms with E-state index in [1.54, 1.807) is 0 Å². The fourth-order valence-corrected chi connectivity index (χ4v) is 12.3. The number of anilines is 3. The fourth-order valence-electron chi connectivity index (χ4n) is 11.0. The molecule has 3 nitrogen and oxygen atoms in total. The predicted octanol–water partition coefficient (Wildman–Crippen LogP) is 18.1. The SMILES string of the molecule is CC1(C)c2ccccc2-c2ccc(N(c3ccc(-c4cccc5c4sc4ccccc45)cc3)c3cccc4oc5c(-c6cccc7c6oc6ccccc67)c6ccccc6cc5c34)cc21. The molecule has 0 N–H and O–H groups in total. The first-order valence-electron chi connectivity index (χ1n) is 22.3. The maximum absolute atomic E-state index is 7.16. The van der Waals surface area contributed by atoms with Crippen molar-refractivity contribution in [2.75, 3.05) is 4.90 Å². The summed E-state index contributed by atoms with van der Waals surface area (Å²) in [6, 6.07) is 72.8. The number of furan rings is 2. The van der Waals surface area contributed by atoms with Crippen molar-refractivity contribution in [3.63, 3.8) is 0 Å². The van der Waals surface area contributed by atoms with Crippen LogP contribution >= 0.6 is 11.3 Å². The van der Waals surface area contributed by atoms with E-state index in [2.05, 4.69) is 213 Å². The number of nitrogens with zero attached hydrogens (tertiary/aromatic N) is 1. The zero-order valence-electron chi connectivity index (χ0n) is 35.7. The number of thiophene rings is 1. The molecule has 0 bridgehead atoms. The van der Waals surface area contributed by atoms with Crippen molar-refractivity contribution < 1.29 is 8.83 Å². The van der Waals surface area contributed by atoms with Gasteiger partial charge in [0.15, 0.2) is 0 Å². The van der Waals surface area contributed by atoms with Crippen LogP contribution in [0.3, 0.4) is 0 Å². The van der Waals surface area contributed by atoms with E-state index in [4.69, 9.17) is 8.83 Å². The van der Waals surface area contributed by atoms with Crippen molar-refractivity contribution in [1.29, 1.82) is 0 Å². The summed E-state index contributed by atoms with van der Waals surface area (Å²) in [5, 5.41) is 9.20. The van der Waals surface area contributed by atoms with Gasteiger partial charge in [0.25, 0.3) is 0 Å². The third-order valence-corrected chi connectivity index (χ3v) is 15.3. The normalized spacial score (nSPS) is 13.2. The standard InChI is InChI=1S/C61H39NO2S/c1-61(2)50-23-8-5-16-42(50)43-33-32-39(35-51(43)61)62(38-30-28-36(29-31-38)41-19-11-21-47-45-18-7-10-27-55(45)65-60(41)47)52-24-13-26-54-57(52)49-34-37-14-3-4-15-40(37)56(59(49)64-54)48-22-12-20-46-44-17-6-9-25-53(44)63-58(46)48/h3-35H,1-2H3. The Labute approximate surface area is 379 Å². The maximum atomic E-state index is 7.16. The zero-order valence-corrected chi connectivity index (χ0v) is 36.5. The van der Waals surface area contributed by atoms with Gasteiger partial charge in [-0.25, -0.2) is 0 Å². The summed E-state index contributed by atoms with van der Waals surface area (Å²) in [7, 11) is 0. The summed E-state index contributed by atoms with van der Waals surface area (Å²) in [5.74, 6) is 0. The van der Waals surface area contributed by atoms with E-state index < -0.39 is 0 Å². The van der Waals surface area contributed by atoms with Crippen LogP contribution in [-0.4, -0.2) is 0 Å². The molecule has 13 aromatic rings. The topological polar surface area (TPSA) is 29.5 Å². The highest BCUT2D eigenvalue weighted by Crippen LogP contribution is 2.53. The van der Waals surface area contributed by atoms with Crippen LogP contribution in [0.5, 0.6) is 0 Å². The van der Waals surface area contributed by atoms with Crippen LogP contribution in [0.1, 0.15) is 25.0 Å². The lowest BCUT2D eigenvalue weighted by Gasteiger charge is -2.29. The molecule has 0 saturated carbocycles. The molecule has 0 aliphatic heterocycles. The van der Waals surface area contributed by atoms with E-state index in [0.717, 1.165) is 82.8 Å². The number of para-hydroxylation sites is 2. The van der Waals surface area contributed by atoms with Gasteiger partial charge < -0.3 is 13.7 Å². The highest BCUT2D eigenvalue weighted by atomic mass is 32.1. The minimum absolute atomic E-state index is 0.166. The second-order valence-corrected chi connectivity index (χ2v) is 19.0. The molecule has 0 amide bonds. The van der Waals surface area contributed by atoms with Crippen LogP contribution in [-0.2, 0) is 5.41 Å². The number of benzene rings is 10. The lowest BCUT2D eigenvalue weighted by Crippen LogP contribution is -2.16. The molecule has 65 heavy (non-hydrogen) atoms. The summed E-state index contributed by atoms with van der Waals surface area (Å²) in [4.78, 5) is 2.44. The Hall–Kier alpha value is -7.92. The van der Waals surface area contributed by atoms with Gasteiger partial charge in [0.05, 0.1) is 11.1 Å². The summed E-state index contributed by atoms with van der Waals surface area (Å²) >= 11 is 1.87. The lowest BCUT2D eigenvalue weighted by molar-refractivity contribution is 0.660. The molecule has 0 atom stereocenters. The van der Waals surface area contributed by atoms with Crippen LogP contribution in [0.2, 0.25) is 0 Å². The number of rotatable bonds is 5. The highest BCUT2D eigenvalue weighted by molar-refractivity contribution is 7.26. The van der Waals surface area contributed by atoms with Gasteiger partial charge in [-0.15, -0.1) is 11.3 Å². The quantitative estimate of drug-likeness (QED) is 0.173. The van der Waals surface area contributed by atoms with Gasteiger partial charge in [0.2, 0.25) is 0 Å². The van der Waals surface area contributed by atoms with Crippen LogP contribution in [0.25, 0.3) is 108 Å². The maximum Gasteiger partial charge on any atom is 0.144 e. The molecule has 0 fully saturated rings. The van der Waals surface area contributed by atoms with Gasteiger partial charge in [0.1, 0.15) is 22.3 Å². The van der Waals surface area contributed by atoms with E-state index in [0.29, 0.717) is 0 Å². The molecular formula is C61H39NO2S. The van der Waals surface area contributed by atoms with E-state index in [9.17, 15) is 0 Å². The van der Waals surface area contributed by atoms with Crippen LogP contribution < -0.4 is 4.90 Å². The summed E-state index contributed by atoms with van der Waals surface area (Å²) in [6.45, 7) is 4.71. The molecular weight excluding hydrogens is 811 g/mol. The summed E-state index contributed by atoms with van der Waals surface area (Å²) < 4.78 is 16.5. The van der Waals surface area contributed by atoms with Gasteiger partial charge in [-0.05, 0) is 98.8 Å². The van der Waals surface area contributed by atoms with Crippen molar-refractivity contribution in [2.24, 2.45) is 0 Å². The largest absolute Gasteiger partial charge is 0.455 e. The van der Waals surface area contributed by atoms with E-state index >= 15 is 0 Å². The van der Waals surface area contributed by atoms with Gasteiger partial charge in [-0.3, -0.25) is 0 Å². The van der Waals surface area contributed by atoms with E-state index in [-0.39, 0.29) is 5.41 Å². The Morgan fingerprint density at radius 3 is 1.97 bits per heavy atom. The molecule has 10 aromatic carbocycles. The van der Waals surface area contributed by atoms with Gasteiger partial charge in [-0.2, -0.15) is 0 Å². The highest BCUT2D eigenvalue weighted by Gasteiger charge is 2.36. The second kappa shape index (κ2) is 13.5. The summed E-state index contributed by atoms with van der Waals surface area (Å²) in [6.07, 6.45) is 0. The third-order valence-electron chi connectivity index (χ3n) is 14.1. The Morgan fingerprint density at radius 1 is 0.431 bits per heavy atom. The minimum atomic E-state index is -0.166. The van der Waals surface area contributed by atoms with Gasteiger partial charge in [0, 0.05) is 64.2 Å². The van der Waals surface area contributed by atoms with Crippen molar-refractivity contribution in [3.8, 4) is 33.4 Å². The number of hydrogen-bond acceptors (Lipinski definition) is 4. The first-order valence-corrected chi connectivity index (χ1v) is 23.1. The molecule has 3 aromatic heterocycles. The average Bonchev–Trinajstić information content (AvgIpc) is 4.10. The molecule has 4 heteroatoms. The molecule has 3 heterocycles. The Bertz CT molecular complexity index is 4110. The molecule has 0 spiro atoms.